The van der Waals surface area contributed by atoms with Gasteiger partial charge in [0.25, 0.3) is 5.91 Å². The van der Waals surface area contributed by atoms with Gasteiger partial charge in [-0.05, 0) is 55.3 Å². The van der Waals surface area contributed by atoms with Crippen LogP contribution < -0.4 is 9.80 Å². The van der Waals surface area contributed by atoms with Gasteiger partial charge in [-0.3, -0.25) is 9.59 Å². The number of pyridine rings is 1. The van der Waals surface area contributed by atoms with E-state index in [1.165, 1.54) is 33.7 Å². The molecule has 3 aromatic rings. The summed E-state index contributed by atoms with van der Waals surface area (Å²) in [5, 5.41) is 2.53. The largest absolute Gasteiger partial charge is 0.368 e. The van der Waals surface area contributed by atoms with E-state index < -0.39 is 0 Å². The Morgan fingerprint density at radius 3 is 2.34 bits per heavy atom. The number of benzene rings is 2. The van der Waals surface area contributed by atoms with Crippen LogP contribution in [0.1, 0.15) is 40.2 Å². The van der Waals surface area contributed by atoms with E-state index in [0.29, 0.717) is 25.3 Å². The van der Waals surface area contributed by atoms with Crippen LogP contribution in [-0.4, -0.2) is 72.4 Å². The number of carbonyl (C=O) groups excluding carboxylic acids is 2. The number of aryl methyl sites for hydroxylation is 1. The molecule has 3 aliphatic heterocycles. The lowest BCUT2D eigenvalue weighted by Crippen LogP contribution is -2.49. The highest BCUT2D eigenvalue weighted by atomic mass is 16.2. The summed E-state index contributed by atoms with van der Waals surface area (Å²) in [7, 11) is 0. The molecule has 2 saturated heterocycles. The van der Waals surface area contributed by atoms with Crippen molar-refractivity contribution in [1.29, 1.82) is 0 Å². The Kier molecular flexibility index (Phi) is 6.52. The first kappa shape index (κ1) is 24.5. The SMILES string of the molecule is C=CC(=O)N1CCN(c2cc(C(=O)N3CCCC3)nc3c2CCN(c2cccc4cccc(C)c24)C3)CC1. The first-order valence-corrected chi connectivity index (χ1v) is 13.7. The minimum absolute atomic E-state index is 0.0210. The molecule has 0 N–H and O–H groups in total. The smallest absolute Gasteiger partial charge is 0.272 e. The fraction of sp³-hybridized carbons (Fsp3) is 0.387. The summed E-state index contributed by atoms with van der Waals surface area (Å²) >= 11 is 0. The minimum atomic E-state index is -0.0210. The van der Waals surface area contributed by atoms with Gasteiger partial charge in [-0.15, -0.1) is 0 Å². The molecule has 0 radical (unpaired) electrons. The van der Waals surface area contributed by atoms with Gasteiger partial charge in [0.05, 0.1) is 12.2 Å². The summed E-state index contributed by atoms with van der Waals surface area (Å²) in [5.74, 6) is 0.0116. The number of fused-ring (bicyclic) bond motifs is 2. The van der Waals surface area contributed by atoms with E-state index in [1.807, 2.05) is 15.9 Å². The molecule has 38 heavy (non-hydrogen) atoms. The first-order chi connectivity index (χ1) is 18.5. The Hall–Kier alpha value is -3.87. The number of hydrogen-bond donors (Lipinski definition) is 0. The monoisotopic (exact) mass is 509 g/mol. The number of likely N-dealkylation sites (tertiary alicyclic amines) is 1. The molecule has 1 aromatic heterocycles. The topological polar surface area (TPSA) is 60.0 Å². The van der Waals surface area contributed by atoms with Gasteiger partial charge in [0, 0.05) is 68.1 Å². The Morgan fingerprint density at radius 2 is 1.61 bits per heavy atom. The number of aromatic nitrogens is 1. The van der Waals surface area contributed by atoms with Crippen molar-refractivity contribution in [2.75, 3.05) is 55.6 Å². The highest BCUT2D eigenvalue weighted by molar-refractivity contribution is 5.97. The maximum absolute atomic E-state index is 13.5. The number of carbonyl (C=O) groups is 2. The average molecular weight is 510 g/mol. The van der Waals surface area contributed by atoms with Crippen LogP contribution in [0.15, 0.2) is 55.1 Å². The molecule has 7 nitrogen and oxygen atoms in total. The van der Waals surface area contributed by atoms with Crippen molar-refractivity contribution >= 4 is 34.0 Å². The van der Waals surface area contributed by atoms with Crippen LogP contribution in [0.4, 0.5) is 11.4 Å². The average Bonchev–Trinajstić information content (AvgIpc) is 3.50. The van der Waals surface area contributed by atoms with Gasteiger partial charge in [-0.1, -0.05) is 36.9 Å². The zero-order valence-electron chi connectivity index (χ0n) is 22.2. The number of nitrogens with zero attached hydrogens (tertiary/aromatic N) is 5. The second-order valence-electron chi connectivity index (χ2n) is 10.6. The van der Waals surface area contributed by atoms with Gasteiger partial charge in [0.1, 0.15) is 5.69 Å². The van der Waals surface area contributed by atoms with Crippen LogP contribution in [0.2, 0.25) is 0 Å². The standard InChI is InChI=1S/C31H35N5O2/c1-3-29(37)34-18-16-33(17-19-34)28-20-25(31(38)35-13-4-5-14-35)32-26-21-36(15-12-24(26)28)27-11-7-10-23-9-6-8-22(2)30(23)27/h3,6-11,20H,1,4-5,12-19,21H2,2H3. The lowest BCUT2D eigenvalue weighted by atomic mass is 9.97. The van der Waals surface area contributed by atoms with Crippen molar-refractivity contribution in [1.82, 2.24) is 14.8 Å². The van der Waals surface area contributed by atoms with Gasteiger partial charge in [0.15, 0.2) is 0 Å². The maximum Gasteiger partial charge on any atom is 0.272 e. The Morgan fingerprint density at radius 1 is 0.868 bits per heavy atom. The second-order valence-corrected chi connectivity index (χ2v) is 10.6. The molecule has 2 fully saturated rings. The van der Waals surface area contributed by atoms with Gasteiger partial charge >= 0.3 is 0 Å². The second kappa shape index (κ2) is 10.1. The predicted octanol–water partition coefficient (Wildman–Crippen LogP) is 4.18. The van der Waals surface area contributed by atoms with Crippen molar-refractivity contribution in [3.63, 3.8) is 0 Å². The van der Waals surface area contributed by atoms with E-state index in [4.69, 9.17) is 4.98 Å². The number of hydrogen-bond acceptors (Lipinski definition) is 5. The van der Waals surface area contributed by atoms with Crippen molar-refractivity contribution in [3.05, 3.63) is 77.6 Å². The zero-order valence-corrected chi connectivity index (χ0v) is 22.2. The molecule has 0 bridgehead atoms. The van der Waals surface area contributed by atoms with Gasteiger partial charge < -0.3 is 19.6 Å². The van der Waals surface area contributed by atoms with E-state index in [1.54, 1.807) is 0 Å². The summed E-state index contributed by atoms with van der Waals surface area (Å²) in [6.07, 6.45) is 4.36. The molecule has 0 saturated carbocycles. The van der Waals surface area contributed by atoms with Crippen LogP contribution >= 0.6 is 0 Å². The van der Waals surface area contributed by atoms with Gasteiger partial charge in [0.2, 0.25) is 5.91 Å². The van der Waals surface area contributed by atoms with Crippen molar-refractivity contribution in [2.45, 2.75) is 32.7 Å². The van der Waals surface area contributed by atoms with E-state index in [0.717, 1.165) is 63.4 Å². The molecule has 2 amide bonds. The molecule has 6 rings (SSSR count). The highest BCUT2D eigenvalue weighted by Gasteiger charge is 2.30. The summed E-state index contributed by atoms with van der Waals surface area (Å²) in [5.41, 5.74) is 6.37. The van der Waals surface area contributed by atoms with Gasteiger partial charge in [-0.2, -0.15) is 0 Å². The summed E-state index contributed by atoms with van der Waals surface area (Å²) in [4.78, 5) is 39.2. The zero-order chi connectivity index (χ0) is 26.2. The fourth-order valence-corrected chi connectivity index (χ4v) is 6.26. The molecule has 196 valence electrons. The maximum atomic E-state index is 13.5. The number of piperazine rings is 1. The molecule has 2 aromatic carbocycles. The van der Waals surface area contributed by atoms with Crippen LogP contribution in [0.5, 0.6) is 0 Å². The molecular weight excluding hydrogens is 474 g/mol. The lowest BCUT2D eigenvalue weighted by Gasteiger charge is -2.39. The third-order valence-corrected chi connectivity index (χ3v) is 8.31. The molecule has 0 unspecified atom stereocenters. The number of rotatable bonds is 4. The third kappa shape index (κ3) is 4.40. The van der Waals surface area contributed by atoms with Crippen LogP contribution in [0, 0.1) is 6.92 Å². The summed E-state index contributed by atoms with van der Waals surface area (Å²) in [6.45, 7) is 11.7. The van der Waals surface area contributed by atoms with Gasteiger partial charge in [-0.25, -0.2) is 4.98 Å². The first-order valence-electron chi connectivity index (χ1n) is 13.7. The van der Waals surface area contributed by atoms with Crippen molar-refractivity contribution in [3.8, 4) is 0 Å². The predicted molar refractivity (Wildman–Crippen MR) is 152 cm³/mol. The summed E-state index contributed by atoms with van der Waals surface area (Å²) in [6, 6.07) is 15.0. The van der Waals surface area contributed by atoms with Crippen LogP contribution in [0.25, 0.3) is 10.8 Å². The molecule has 0 atom stereocenters. The Labute approximate surface area is 224 Å². The van der Waals surface area contributed by atoms with E-state index in [-0.39, 0.29) is 11.8 Å². The quantitative estimate of drug-likeness (QED) is 0.494. The minimum Gasteiger partial charge on any atom is -0.368 e. The third-order valence-electron chi connectivity index (χ3n) is 8.31. The molecule has 3 aliphatic rings. The summed E-state index contributed by atoms with van der Waals surface area (Å²) < 4.78 is 0. The van der Waals surface area contributed by atoms with Crippen LogP contribution in [0.3, 0.4) is 0 Å². The van der Waals surface area contributed by atoms with Crippen molar-refractivity contribution in [2.24, 2.45) is 0 Å². The number of anilines is 2. The Balaban J connectivity index is 1.36. The molecule has 4 heterocycles. The molecule has 0 spiro atoms. The Bertz CT molecular complexity index is 1400. The highest BCUT2D eigenvalue weighted by Crippen LogP contribution is 2.36. The van der Waals surface area contributed by atoms with Crippen molar-refractivity contribution < 1.29 is 9.59 Å². The van der Waals surface area contributed by atoms with Crippen LogP contribution in [-0.2, 0) is 17.8 Å². The molecular formula is C31H35N5O2. The normalized spacial score (nSPS) is 17.6. The molecule has 0 aliphatic carbocycles. The van der Waals surface area contributed by atoms with E-state index >= 15 is 0 Å². The molecule has 7 heteroatoms. The van der Waals surface area contributed by atoms with E-state index in [9.17, 15) is 9.59 Å². The lowest BCUT2D eigenvalue weighted by molar-refractivity contribution is -0.126. The number of amides is 2. The fourth-order valence-electron chi connectivity index (χ4n) is 6.26. The van der Waals surface area contributed by atoms with E-state index in [2.05, 4.69) is 59.7 Å².